The van der Waals surface area contributed by atoms with Gasteiger partial charge in [-0.1, -0.05) is 19.2 Å². The molecule has 2 aliphatic rings. The number of hydrogen-bond acceptors (Lipinski definition) is 4. The van der Waals surface area contributed by atoms with E-state index < -0.39 is 16.6 Å². The zero-order chi connectivity index (χ0) is 17.4. The molecule has 6 nitrogen and oxygen atoms in total. The summed E-state index contributed by atoms with van der Waals surface area (Å²) in [4.78, 5) is 14.4. The molecule has 1 aromatic heterocycles. The van der Waals surface area contributed by atoms with Gasteiger partial charge in [0.25, 0.3) is 5.91 Å². The van der Waals surface area contributed by atoms with E-state index in [1.54, 1.807) is 11.9 Å². The average Bonchev–Trinajstić information content (AvgIpc) is 2.89. The molecule has 1 atom stereocenters. The van der Waals surface area contributed by atoms with E-state index in [1.807, 2.05) is 0 Å². The van der Waals surface area contributed by atoms with Gasteiger partial charge < -0.3 is 9.64 Å². The minimum Gasteiger partial charge on any atom is -0.378 e. The molecule has 0 aliphatic carbocycles. The first-order valence-electron chi connectivity index (χ1n) is 7.48. The second kappa shape index (κ2) is 6.45. The fourth-order valence-electron chi connectivity index (χ4n) is 3.02. The molecule has 1 aromatic rings. The summed E-state index contributed by atoms with van der Waals surface area (Å²) in [6.45, 7) is 8.89. The number of carbonyl (C=O) groups is 1. The minimum atomic E-state index is -1.63. The zero-order valence-corrected chi connectivity index (χ0v) is 14.2. The summed E-state index contributed by atoms with van der Waals surface area (Å²) in [5, 5.41) is 4.31. The molecule has 3 heterocycles. The number of aryl methyl sites for hydroxylation is 1. The second-order valence-corrected chi connectivity index (χ2v) is 6.93. The third-order valence-electron chi connectivity index (χ3n) is 4.10. The minimum absolute atomic E-state index is 0.0193. The van der Waals surface area contributed by atoms with Gasteiger partial charge in [-0.15, -0.1) is 0 Å². The van der Waals surface area contributed by atoms with Gasteiger partial charge in [-0.25, -0.2) is 4.39 Å². The molecule has 0 radical (unpaired) electrons. The number of amides is 1. The molecule has 0 bridgehead atoms. The van der Waals surface area contributed by atoms with Crippen LogP contribution in [0, 0.1) is 0 Å². The highest BCUT2D eigenvalue weighted by Crippen LogP contribution is 2.37. The molecule has 8 heteroatoms. The Bertz CT molecular complexity index is 791. The summed E-state index contributed by atoms with van der Waals surface area (Å²) in [6.07, 6.45) is 1.43. The molecule has 1 unspecified atom stereocenters. The van der Waals surface area contributed by atoms with Crippen LogP contribution in [0.3, 0.4) is 0 Å². The molecule has 0 saturated carbocycles. The monoisotopic (exact) mass is 351 g/mol. The third-order valence-corrected chi connectivity index (χ3v) is 5.55. The van der Waals surface area contributed by atoms with E-state index in [0.717, 1.165) is 0 Å². The van der Waals surface area contributed by atoms with Crippen molar-refractivity contribution in [2.45, 2.75) is 5.75 Å². The van der Waals surface area contributed by atoms with E-state index in [4.69, 9.17) is 4.74 Å². The summed E-state index contributed by atoms with van der Waals surface area (Å²) in [7, 11) is 0.0391. The standard InChI is InChI=1S/C16H18FN3O3S/c1-4-11-14-12(9-24(22)15(11)10(2)17)13(18-19(14)3)16(21)20-5-7-23-8-6-20/h4H,1-2,5-9H2,3H3. The number of ether oxygens (including phenoxy) is 1. The lowest BCUT2D eigenvalue weighted by Crippen LogP contribution is -2.41. The Morgan fingerprint density at radius 3 is 2.67 bits per heavy atom. The predicted octanol–water partition coefficient (Wildman–Crippen LogP) is 1.54. The van der Waals surface area contributed by atoms with Crippen LogP contribution in [0.25, 0.3) is 5.57 Å². The lowest BCUT2D eigenvalue weighted by Gasteiger charge is -2.26. The van der Waals surface area contributed by atoms with Crippen LogP contribution in [0.5, 0.6) is 0 Å². The lowest BCUT2D eigenvalue weighted by atomic mass is 10.0. The van der Waals surface area contributed by atoms with Crippen molar-refractivity contribution in [1.82, 2.24) is 14.7 Å². The normalized spacial score (nSPS) is 20.8. The number of nitrogens with zero attached hydrogens (tertiary/aromatic N) is 3. The summed E-state index contributed by atoms with van der Waals surface area (Å²) >= 11 is 0. The third kappa shape index (κ3) is 2.65. The molecule has 3 rings (SSSR count). The Balaban J connectivity index is 2.11. The number of rotatable bonds is 3. The second-order valence-electron chi connectivity index (χ2n) is 5.55. The van der Waals surface area contributed by atoms with Gasteiger partial charge >= 0.3 is 0 Å². The van der Waals surface area contributed by atoms with Gasteiger partial charge in [0.2, 0.25) is 0 Å². The maximum atomic E-state index is 13.7. The van der Waals surface area contributed by atoms with E-state index in [0.29, 0.717) is 43.1 Å². The van der Waals surface area contributed by atoms with Crippen molar-refractivity contribution in [3.05, 3.63) is 46.9 Å². The van der Waals surface area contributed by atoms with Crippen LogP contribution in [0.1, 0.15) is 21.7 Å². The van der Waals surface area contributed by atoms with Gasteiger partial charge in [-0.05, 0) is 0 Å². The SMILES string of the molecule is C=CC1=C(C(=C)F)S(=O)Cc2c(C(=O)N3CCOCC3)nn(C)c21. The van der Waals surface area contributed by atoms with Crippen LogP contribution in [0.2, 0.25) is 0 Å². The number of aromatic nitrogens is 2. The Labute approximate surface area is 141 Å². The lowest BCUT2D eigenvalue weighted by molar-refractivity contribution is 0.0298. The van der Waals surface area contributed by atoms with E-state index in [1.165, 1.54) is 10.8 Å². The number of carbonyl (C=O) groups excluding carboxylic acids is 1. The summed E-state index contributed by atoms with van der Waals surface area (Å²) in [6, 6.07) is 0. The topological polar surface area (TPSA) is 64.4 Å². The maximum Gasteiger partial charge on any atom is 0.274 e. The van der Waals surface area contributed by atoms with Crippen LogP contribution in [-0.4, -0.2) is 51.1 Å². The van der Waals surface area contributed by atoms with Gasteiger partial charge in [-0.2, -0.15) is 5.10 Å². The molecular weight excluding hydrogens is 333 g/mol. The molecule has 1 fully saturated rings. The van der Waals surface area contributed by atoms with Crippen molar-refractivity contribution in [2.24, 2.45) is 7.05 Å². The van der Waals surface area contributed by atoms with Crippen LogP contribution < -0.4 is 0 Å². The van der Waals surface area contributed by atoms with E-state index in [-0.39, 0.29) is 22.3 Å². The number of allylic oxidation sites excluding steroid dienone is 3. The molecule has 0 aromatic carbocycles. The largest absolute Gasteiger partial charge is 0.378 e. The van der Waals surface area contributed by atoms with Gasteiger partial charge in [-0.3, -0.25) is 13.7 Å². The van der Waals surface area contributed by atoms with Crippen molar-refractivity contribution in [1.29, 1.82) is 0 Å². The quantitative estimate of drug-likeness (QED) is 0.829. The van der Waals surface area contributed by atoms with Crippen molar-refractivity contribution >= 4 is 22.3 Å². The maximum absolute atomic E-state index is 13.7. The first kappa shape index (κ1) is 16.8. The summed E-state index contributed by atoms with van der Waals surface area (Å²) < 4.78 is 33.0. The van der Waals surface area contributed by atoms with Crippen LogP contribution in [0.15, 0.2) is 30.0 Å². The molecule has 2 aliphatic heterocycles. The van der Waals surface area contributed by atoms with E-state index in [9.17, 15) is 13.4 Å². The van der Waals surface area contributed by atoms with Crippen molar-refractivity contribution in [2.75, 3.05) is 26.3 Å². The van der Waals surface area contributed by atoms with Crippen LogP contribution in [-0.2, 0) is 28.3 Å². The first-order chi connectivity index (χ1) is 11.5. The highest BCUT2D eigenvalue weighted by atomic mass is 32.2. The summed E-state index contributed by atoms with van der Waals surface area (Å²) in [5.41, 5.74) is 1.76. The van der Waals surface area contributed by atoms with Gasteiger partial charge in [0.1, 0.15) is 5.83 Å². The van der Waals surface area contributed by atoms with Crippen molar-refractivity contribution in [3.8, 4) is 0 Å². The fraction of sp³-hybridized carbons (Fsp3) is 0.375. The molecule has 0 N–H and O–H groups in total. The Kier molecular flexibility index (Phi) is 4.51. The van der Waals surface area contributed by atoms with Crippen molar-refractivity contribution < 1.29 is 18.1 Å². The van der Waals surface area contributed by atoms with Gasteiger partial charge in [0.05, 0.1) is 40.4 Å². The number of hydrogen-bond donors (Lipinski definition) is 0. The van der Waals surface area contributed by atoms with Crippen LogP contribution in [0.4, 0.5) is 4.39 Å². The van der Waals surface area contributed by atoms with E-state index >= 15 is 0 Å². The molecular formula is C16H18FN3O3S. The smallest absolute Gasteiger partial charge is 0.274 e. The highest BCUT2D eigenvalue weighted by Gasteiger charge is 2.34. The van der Waals surface area contributed by atoms with Crippen LogP contribution >= 0.6 is 0 Å². The zero-order valence-electron chi connectivity index (χ0n) is 13.4. The molecule has 128 valence electrons. The average molecular weight is 351 g/mol. The first-order valence-corrected chi connectivity index (χ1v) is 8.80. The Hall–Kier alpha value is -2.06. The predicted molar refractivity (Wildman–Crippen MR) is 89.1 cm³/mol. The molecule has 24 heavy (non-hydrogen) atoms. The summed E-state index contributed by atoms with van der Waals surface area (Å²) in [5.74, 6) is -0.946. The number of morpholine rings is 1. The van der Waals surface area contributed by atoms with Crippen molar-refractivity contribution in [3.63, 3.8) is 0 Å². The highest BCUT2D eigenvalue weighted by molar-refractivity contribution is 7.88. The molecule has 1 saturated heterocycles. The van der Waals surface area contributed by atoms with Gasteiger partial charge in [0, 0.05) is 31.3 Å². The molecule has 1 amide bonds. The Morgan fingerprint density at radius 2 is 2.08 bits per heavy atom. The fourth-order valence-corrected chi connectivity index (χ4v) is 4.37. The molecule has 0 spiro atoms. The van der Waals surface area contributed by atoms with Gasteiger partial charge in [0.15, 0.2) is 5.69 Å². The Morgan fingerprint density at radius 1 is 1.42 bits per heavy atom. The van der Waals surface area contributed by atoms with E-state index in [2.05, 4.69) is 18.3 Å². The number of halogens is 1. The number of fused-ring (bicyclic) bond motifs is 1.